The van der Waals surface area contributed by atoms with Crippen LogP contribution in [0.15, 0.2) is 21.5 Å². The average Bonchev–Trinajstić information content (AvgIpc) is 2.72. The van der Waals surface area contributed by atoms with Crippen LogP contribution in [-0.2, 0) is 9.30 Å². The van der Waals surface area contributed by atoms with Gasteiger partial charge in [-0.25, -0.2) is 15.3 Å². The third-order valence-corrected chi connectivity index (χ3v) is 3.06. The number of aliphatic imine (C=N–C) groups is 2. The highest BCUT2D eigenvalue weighted by atomic mass is 31.2. The molecule has 0 saturated carbocycles. The molecule has 2 aliphatic rings. The molecular formula is C8H14N6O4P. The number of hydrogen-bond donors (Lipinski definition) is 5. The maximum atomic E-state index is 10.8. The Balaban J connectivity index is 2.13. The first-order chi connectivity index (χ1) is 8.71. The molecule has 19 heavy (non-hydrogen) atoms. The van der Waals surface area contributed by atoms with Crippen LogP contribution < -0.4 is 22.1 Å². The third kappa shape index (κ3) is 2.94. The lowest BCUT2D eigenvalue weighted by atomic mass is 10.2. The summed E-state index contributed by atoms with van der Waals surface area (Å²) in [7, 11) is -4.28. The van der Waals surface area contributed by atoms with Crippen LogP contribution in [0.2, 0.25) is 0 Å². The van der Waals surface area contributed by atoms with E-state index in [1.54, 1.807) is 0 Å². The number of nitrogens with two attached hydrogens (primary N) is 2. The second kappa shape index (κ2) is 4.58. The second-order valence-electron chi connectivity index (χ2n) is 4.12. The predicted octanol–water partition coefficient (Wildman–Crippen LogP) is -2.08. The first kappa shape index (κ1) is 14.0. The third-order valence-electron chi connectivity index (χ3n) is 2.57. The highest BCUT2D eigenvalue weighted by Gasteiger charge is 2.39. The van der Waals surface area contributed by atoms with E-state index in [0.29, 0.717) is 5.70 Å². The Kier molecular flexibility index (Phi) is 3.37. The molecule has 0 fully saturated rings. The number of nitrogens with zero attached hydrogens (tertiary/aromatic N) is 3. The van der Waals surface area contributed by atoms with Crippen LogP contribution in [0.3, 0.4) is 0 Å². The molecule has 10 nitrogen and oxygen atoms in total. The van der Waals surface area contributed by atoms with Crippen LogP contribution in [0.5, 0.6) is 0 Å². The fourth-order valence-corrected chi connectivity index (χ4v) is 1.96. The van der Waals surface area contributed by atoms with Crippen LogP contribution in [0.4, 0.5) is 0 Å². The number of hydrogen-bond acceptors (Lipinski definition) is 7. The minimum Gasteiger partial charge on any atom is -0.384 e. The Labute approximate surface area is 108 Å². The summed E-state index contributed by atoms with van der Waals surface area (Å²) in [6, 6.07) is 0. The van der Waals surface area contributed by atoms with Crippen LogP contribution in [0.25, 0.3) is 0 Å². The summed E-state index contributed by atoms with van der Waals surface area (Å²) in [5.41, 5.74) is 12.1. The van der Waals surface area contributed by atoms with Crippen molar-refractivity contribution >= 4 is 19.8 Å². The maximum Gasteiger partial charge on any atom is 0.350 e. The quantitative estimate of drug-likeness (QED) is 0.369. The highest BCUT2D eigenvalue weighted by molar-refractivity contribution is 7.51. The Hall–Kier alpha value is -1.45. The van der Waals surface area contributed by atoms with Crippen molar-refractivity contribution in [3.8, 4) is 0 Å². The van der Waals surface area contributed by atoms with Gasteiger partial charge in [-0.05, 0) is 6.92 Å². The van der Waals surface area contributed by atoms with Gasteiger partial charge in [0.25, 0.3) is 0 Å². The minimum atomic E-state index is -4.28. The zero-order chi connectivity index (χ0) is 14.3. The van der Waals surface area contributed by atoms with Crippen LogP contribution in [0.1, 0.15) is 6.92 Å². The van der Waals surface area contributed by atoms with Crippen molar-refractivity contribution in [3.63, 3.8) is 0 Å². The number of amidine groups is 1. The molecule has 2 aliphatic heterocycles. The molecule has 0 aliphatic carbocycles. The van der Waals surface area contributed by atoms with Gasteiger partial charge in [0, 0.05) is 0 Å². The molecule has 11 heteroatoms. The van der Waals surface area contributed by atoms with E-state index in [-0.39, 0.29) is 11.7 Å². The number of rotatable bonds is 4. The summed E-state index contributed by atoms with van der Waals surface area (Å²) in [4.78, 5) is 25.5. The van der Waals surface area contributed by atoms with Crippen LogP contribution in [0, 0.1) is 0 Å². The molecule has 2 unspecified atom stereocenters. The van der Waals surface area contributed by atoms with E-state index in [4.69, 9.17) is 26.0 Å². The summed E-state index contributed by atoms with van der Waals surface area (Å²) in [6.45, 7) is 1.51. The molecule has 2 atom stereocenters. The minimum absolute atomic E-state index is 0.177. The largest absolute Gasteiger partial charge is 0.384 e. The molecule has 2 heterocycles. The molecule has 7 N–H and O–H groups in total. The maximum absolute atomic E-state index is 10.8. The Morgan fingerprint density at radius 1 is 1.63 bits per heavy atom. The van der Waals surface area contributed by atoms with E-state index < -0.39 is 25.8 Å². The van der Waals surface area contributed by atoms with Gasteiger partial charge in [-0.1, -0.05) is 0 Å². The predicted molar refractivity (Wildman–Crippen MR) is 66.8 cm³/mol. The van der Waals surface area contributed by atoms with E-state index in [0.717, 1.165) is 0 Å². The molecule has 0 amide bonds. The van der Waals surface area contributed by atoms with E-state index in [1.807, 2.05) is 0 Å². The highest BCUT2D eigenvalue weighted by Crippen LogP contribution is 2.35. The standard InChI is InChI=1S/C8H14N6O4P/c1-4(18-3-19(15,16)17)8(10)13-6(9)5-7(14-8)12-2-11-5/h2,4,13H,3,9-10H2,1H3,(H2,15,16,17). The Morgan fingerprint density at radius 3 is 2.95 bits per heavy atom. The summed E-state index contributed by atoms with van der Waals surface area (Å²) in [5, 5.41) is 6.58. The van der Waals surface area contributed by atoms with Gasteiger partial charge >= 0.3 is 7.60 Å². The normalized spacial score (nSPS) is 27.5. The van der Waals surface area contributed by atoms with Gasteiger partial charge in [0.05, 0.1) is 0 Å². The lowest BCUT2D eigenvalue weighted by Crippen LogP contribution is -2.63. The lowest BCUT2D eigenvalue weighted by molar-refractivity contribution is 0.0210. The van der Waals surface area contributed by atoms with E-state index >= 15 is 0 Å². The topological polar surface area (TPSA) is 170 Å². The first-order valence-electron chi connectivity index (χ1n) is 5.28. The Bertz CT molecular complexity index is 525. The SMILES string of the molecule is CC(OCP(=O)(O)O)C1(N)N=C2[N]C=NC2=C(N)N1. The van der Waals surface area contributed by atoms with Crippen LogP contribution >= 0.6 is 7.60 Å². The van der Waals surface area contributed by atoms with Crippen molar-refractivity contribution in [2.75, 3.05) is 6.35 Å². The molecule has 0 aromatic carbocycles. The van der Waals surface area contributed by atoms with Crippen molar-refractivity contribution in [2.45, 2.75) is 18.8 Å². The number of ether oxygens (including phenoxy) is 1. The van der Waals surface area contributed by atoms with Gasteiger partial charge in [-0.2, -0.15) is 0 Å². The summed E-state index contributed by atoms with van der Waals surface area (Å²) in [5.74, 6) is -1.03. The average molecular weight is 289 g/mol. The number of fused-ring (bicyclic) bond motifs is 1. The van der Waals surface area contributed by atoms with E-state index in [1.165, 1.54) is 13.3 Å². The second-order valence-corrected chi connectivity index (χ2v) is 5.71. The molecule has 2 rings (SSSR count). The monoisotopic (exact) mass is 289 g/mol. The molecular weight excluding hydrogens is 275 g/mol. The molecule has 1 radical (unpaired) electrons. The van der Waals surface area contributed by atoms with Crippen molar-refractivity contribution in [2.24, 2.45) is 21.5 Å². The molecule has 0 aromatic heterocycles. The molecule has 0 aromatic rings. The van der Waals surface area contributed by atoms with E-state index in [2.05, 4.69) is 20.6 Å². The van der Waals surface area contributed by atoms with Gasteiger partial charge in [0.2, 0.25) is 5.79 Å². The van der Waals surface area contributed by atoms with Gasteiger partial charge in [0.1, 0.15) is 30.3 Å². The molecule has 0 spiro atoms. The number of nitrogens with one attached hydrogen (secondary N) is 1. The molecule has 0 bridgehead atoms. The van der Waals surface area contributed by atoms with Crippen molar-refractivity contribution in [3.05, 3.63) is 11.5 Å². The Morgan fingerprint density at radius 2 is 2.32 bits per heavy atom. The van der Waals surface area contributed by atoms with Gasteiger partial charge in [-0.3, -0.25) is 10.3 Å². The fraction of sp³-hybridized carbons (Fsp3) is 0.500. The summed E-state index contributed by atoms with van der Waals surface area (Å²) >= 11 is 0. The zero-order valence-corrected chi connectivity index (χ0v) is 10.9. The zero-order valence-electron chi connectivity index (χ0n) is 10.0. The lowest BCUT2D eigenvalue weighted by Gasteiger charge is -2.35. The molecule has 0 saturated heterocycles. The summed E-state index contributed by atoms with van der Waals surface area (Å²) < 4.78 is 15.8. The molecule has 105 valence electrons. The van der Waals surface area contributed by atoms with Crippen molar-refractivity contribution in [1.29, 1.82) is 0 Å². The van der Waals surface area contributed by atoms with Crippen LogP contribution in [-0.4, -0.2) is 40.2 Å². The van der Waals surface area contributed by atoms with Crippen molar-refractivity contribution < 1.29 is 19.1 Å². The van der Waals surface area contributed by atoms with E-state index in [9.17, 15) is 4.57 Å². The first-order valence-corrected chi connectivity index (χ1v) is 7.07. The van der Waals surface area contributed by atoms with Gasteiger partial charge in [-0.15, -0.1) is 0 Å². The summed E-state index contributed by atoms with van der Waals surface area (Å²) in [6.07, 6.45) is -0.317. The van der Waals surface area contributed by atoms with Gasteiger partial charge < -0.3 is 25.6 Å². The van der Waals surface area contributed by atoms with Crippen molar-refractivity contribution in [1.82, 2.24) is 10.6 Å². The fourth-order valence-electron chi connectivity index (χ4n) is 1.54. The smallest absolute Gasteiger partial charge is 0.350 e. The van der Waals surface area contributed by atoms with Gasteiger partial charge in [0.15, 0.2) is 5.84 Å².